The molecule has 0 amide bonds. The van der Waals surface area contributed by atoms with Crippen molar-refractivity contribution in [1.29, 1.82) is 0 Å². The van der Waals surface area contributed by atoms with Crippen molar-refractivity contribution in [2.45, 2.75) is 19.4 Å². The van der Waals surface area contributed by atoms with E-state index in [2.05, 4.69) is 11.2 Å². The fraction of sp³-hybridized carbons (Fsp3) is 0.385. The normalized spacial score (nSPS) is 9.81. The number of halogens is 1. The van der Waals surface area contributed by atoms with Crippen LogP contribution in [-0.2, 0) is 6.54 Å². The quantitative estimate of drug-likeness (QED) is 0.588. The van der Waals surface area contributed by atoms with Crippen molar-refractivity contribution >= 4 is 0 Å². The van der Waals surface area contributed by atoms with Crippen LogP contribution >= 0.6 is 0 Å². The summed E-state index contributed by atoms with van der Waals surface area (Å²) in [6.07, 6.45) is 6.50. The van der Waals surface area contributed by atoms with Gasteiger partial charge in [-0.25, -0.2) is 4.39 Å². The van der Waals surface area contributed by atoms with Gasteiger partial charge in [0.25, 0.3) is 0 Å². The maximum atomic E-state index is 13.5. The largest absolute Gasteiger partial charge is 0.490 e. The monoisotopic (exact) mass is 221 g/mol. The number of unbranched alkanes of at least 4 members (excludes halogenated alkanes) is 1. The highest BCUT2D eigenvalue weighted by molar-refractivity contribution is 5.29. The molecule has 1 aromatic carbocycles. The Morgan fingerprint density at radius 2 is 2.31 bits per heavy atom. The first-order chi connectivity index (χ1) is 7.77. The van der Waals surface area contributed by atoms with Gasteiger partial charge in [-0.2, -0.15) is 0 Å². The third-order valence-corrected chi connectivity index (χ3v) is 2.10. The van der Waals surface area contributed by atoms with E-state index in [0.717, 1.165) is 12.0 Å². The molecule has 3 heteroatoms. The van der Waals surface area contributed by atoms with Crippen LogP contribution in [-0.4, -0.2) is 13.7 Å². The topological polar surface area (TPSA) is 21.3 Å². The summed E-state index contributed by atoms with van der Waals surface area (Å²) in [7, 11) is 1.82. The molecule has 0 aromatic heterocycles. The molecule has 0 aliphatic heterocycles. The van der Waals surface area contributed by atoms with Gasteiger partial charge in [0, 0.05) is 13.0 Å². The van der Waals surface area contributed by atoms with Gasteiger partial charge >= 0.3 is 0 Å². The van der Waals surface area contributed by atoms with Gasteiger partial charge in [-0.05, 0) is 31.2 Å². The van der Waals surface area contributed by atoms with Crippen LogP contribution in [0.25, 0.3) is 0 Å². The molecule has 0 saturated heterocycles. The van der Waals surface area contributed by atoms with Gasteiger partial charge in [-0.15, -0.1) is 12.3 Å². The molecule has 0 radical (unpaired) electrons. The van der Waals surface area contributed by atoms with Gasteiger partial charge in [0.1, 0.15) is 0 Å². The molecule has 0 fully saturated rings. The predicted octanol–water partition coefficient (Wildman–Crippen LogP) is 2.34. The summed E-state index contributed by atoms with van der Waals surface area (Å²) in [6, 6.07) is 4.97. The molecule has 16 heavy (non-hydrogen) atoms. The lowest BCUT2D eigenvalue weighted by molar-refractivity contribution is 0.297. The molecule has 0 aliphatic rings. The smallest absolute Gasteiger partial charge is 0.165 e. The lowest BCUT2D eigenvalue weighted by Gasteiger charge is -2.07. The van der Waals surface area contributed by atoms with Crippen LogP contribution in [0, 0.1) is 18.2 Å². The molecule has 1 aromatic rings. The maximum Gasteiger partial charge on any atom is 0.165 e. The first-order valence-electron chi connectivity index (χ1n) is 5.27. The average molecular weight is 221 g/mol. The first-order valence-corrected chi connectivity index (χ1v) is 5.27. The standard InChI is InChI=1S/C13H16FNO/c1-3-4-5-8-16-13-7-6-11(10-15-2)9-12(13)14/h1,6-7,9,15H,4-5,8,10H2,2H3. The Morgan fingerprint density at radius 1 is 1.50 bits per heavy atom. The second-order valence-corrected chi connectivity index (χ2v) is 3.45. The van der Waals surface area contributed by atoms with Gasteiger partial charge in [0.15, 0.2) is 11.6 Å². The van der Waals surface area contributed by atoms with Crippen LogP contribution in [0.5, 0.6) is 5.75 Å². The summed E-state index contributed by atoms with van der Waals surface area (Å²) in [6.45, 7) is 1.10. The van der Waals surface area contributed by atoms with Gasteiger partial charge in [0.05, 0.1) is 6.61 Å². The molecule has 0 atom stereocenters. The molecule has 0 saturated carbocycles. The second kappa shape index (κ2) is 6.86. The van der Waals surface area contributed by atoms with Gasteiger partial charge < -0.3 is 10.1 Å². The van der Waals surface area contributed by atoms with E-state index >= 15 is 0 Å². The van der Waals surface area contributed by atoms with Gasteiger partial charge in [0.2, 0.25) is 0 Å². The molecular formula is C13H16FNO. The number of nitrogens with one attached hydrogen (secondary N) is 1. The molecule has 0 unspecified atom stereocenters. The Bertz CT molecular complexity index is 371. The minimum absolute atomic E-state index is 0.289. The van der Waals surface area contributed by atoms with Crippen molar-refractivity contribution in [3.8, 4) is 18.1 Å². The number of terminal acetylenes is 1. The van der Waals surface area contributed by atoms with Crippen LogP contribution in [0.15, 0.2) is 18.2 Å². The van der Waals surface area contributed by atoms with Crippen molar-refractivity contribution < 1.29 is 9.13 Å². The highest BCUT2D eigenvalue weighted by atomic mass is 19.1. The van der Waals surface area contributed by atoms with E-state index in [1.807, 2.05) is 13.1 Å². The van der Waals surface area contributed by atoms with Crippen LogP contribution in [0.4, 0.5) is 4.39 Å². The molecule has 0 aliphatic carbocycles. The lowest BCUT2D eigenvalue weighted by Crippen LogP contribution is -2.06. The third-order valence-electron chi connectivity index (χ3n) is 2.10. The number of rotatable bonds is 6. The molecule has 0 bridgehead atoms. The second-order valence-electron chi connectivity index (χ2n) is 3.45. The Balaban J connectivity index is 2.51. The highest BCUT2D eigenvalue weighted by Gasteiger charge is 2.03. The Hall–Kier alpha value is -1.53. The van der Waals surface area contributed by atoms with Gasteiger partial charge in [-0.1, -0.05) is 6.07 Å². The van der Waals surface area contributed by atoms with Crippen molar-refractivity contribution in [3.63, 3.8) is 0 Å². The fourth-order valence-corrected chi connectivity index (χ4v) is 1.33. The summed E-state index contributed by atoms with van der Waals surface area (Å²) in [4.78, 5) is 0. The van der Waals surface area contributed by atoms with E-state index in [-0.39, 0.29) is 11.6 Å². The molecule has 1 N–H and O–H groups in total. The first kappa shape index (κ1) is 12.5. The number of hydrogen-bond acceptors (Lipinski definition) is 2. The zero-order valence-corrected chi connectivity index (χ0v) is 9.42. The molecule has 1 rings (SSSR count). The Morgan fingerprint density at radius 3 is 2.94 bits per heavy atom. The van der Waals surface area contributed by atoms with Crippen molar-refractivity contribution in [3.05, 3.63) is 29.6 Å². The van der Waals surface area contributed by atoms with E-state index in [0.29, 0.717) is 19.6 Å². The molecule has 86 valence electrons. The zero-order valence-electron chi connectivity index (χ0n) is 9.42. The zero-order chi connectivity index (χ0) is 11.8. The fourth-order valence-electron chi connectivity index (χ4n) is 1.33. The van der Waals surface area contributed by atoms with Crippen LogP contribution < -0.4 is 10.1 Å². The van der Waals surface area contributed by atoms with Crippen molar-refractivity contribution in [1.82, 2.24) is 5.32 Å². The van der Waals surface area contributed by atoms with Crippen LogP contribution in [0.2, 0.25) is 0 Å². The average Bonchev–Trinajstić information content (AvgIpc) is 2.27. The summed E-state index contributed by atoms with van der Waals surface area (Å²) in [5.41, 5.74) is 0.899. The Kier molecular flexibility index (Phi) is 5.38. The predicted molar refractivity (Wildman–Crippen MR) is 62.7 cm³/mol. The molecule has 0 spiro atoms. The third kappa shape index (κ3) is 3.92. The molecular weight excluding hydrogens is 205 g/mol. The van der Waals surface area contributed by atoms with E-state index in [1.54, 1.807) is 6.07 Å². The van der Waals surface area contributed by atoms with Crippen LogP contribution in [0.3, 0.4) is 0 Å². The highest BCUT2D eigenvalue weighted by Crippen LogP contribution is 2.18. The Labute approximate surface area is 95.8 Å². The SMILES string of the molecule is C#CCCCOc1ccc(CNC)cc1F. The summed E-state index contributed by atoms with van der Waals surface area (Å²) < 4.78 is 18.8. The summed E-state index contributed by atoms with van der Waals surface area (Å²) in [5, 5.41) is 2.96. The number of benzene rings is 1. The van der Waals surface area contributed by atoms with E-state index in [1.165, 1.54) is 6.07 Å². The minimum Gasteiger partial charge on any atom is -0.490 e. The lowest BCUT2D eigenvalue weighted by atomic mass is 10.2. The number of hydrogen-bond donors (Lipinski definition) is 1. The molecule has 2 nitrogen and oxygen atoms in total. The minimum atomic E-state index is -0.326. The van der Waals surface area contributed by atoms with E-state index in [4.69, 9.17) is 11.2 Å². The maximum absolute atomic E-state index is 13.5. The number of ether oxygens (including phenoxy) is 1. The van der Waals surface area contributed by atoms with E-state index < -0.39 is 0 Å². The van der Waals surface area contributed by atoms with Gasteiger partial charge in [-0.3, -0.25) is 0 Å². The van der Waals surface area contributed by atoms with E-state index in [9.17, 15) is 4.39 Å². The van der Waals surface area contributed by atoms with Crippen LogP contribution in [0.1, 0.15) is 18.4 Å². The summed E-state index contributed by atoms with van der Waals surface area (Å²) in [5.74, 6) is 2.48. The molecule has 0 heterocycles. The summed E-state index contributed by atoms with van der Waals surface area (Å²) >= 11 is 0. The van der Waals surface area contributed by atoms with Crippen molar-refractivity contribution in [2.24, 2.45) is 0 Å². The van der Waals surface area contributed by atoms with Crippen molar-refractivity contribution in [2.75, 3.05) is 13.7 Å².